The maximum Gasteiger partial charge on any atom is 0.223 e. The van der Waals surface area contributed by atoms with E-state index in [4.69, 9.17) is 27.2 Å². The molecule has 1 fully saturated rings. The number of nitrogens with two attached hydrogens (primary N) is 1. The molecule has 0 spiro atoms. The van der Waals surface area contributed by atoms with E-state index in [1.165, 1.54) is 11.8 Å². The van der Waals surface area contributed by atoms with Crippen LogP contribution in [-0.4, -0.2) is 42.4 Å². The Morgan fingerprint density at radius 2 is 2.44 bits per heavy atom. The molecule has 96 valence electrons. The molecule has 2 atom stereocenters. The zero-order valence-corrected chi connectivity index (χ0v) is 10.7. The van der Waals surface area contributed by atoms with Crippen molar-refractivity contribution in [1.82, 2.24) is 19.5 Å². The third-order valence-corrected chi connectivity index (χ3v) is 3.96. The van der Waals surface area contributed by atoms with E-state index in [-0.39, 0.29) is 29.4 Å². The number of hydrogen-bond donors (Lipinski definition) is 2. The van der Waals surface area contributed by atoms with Gasteiger partial charge in [0.15, 0.2) is 10.8 Å². The summed E-state index contributed by atoms with van der Waals surface area (Å²) in [4.78, 5) is 12.1. The first-order valence-electron chi connectivity index (χ1n) is 5.22. The highest BCUT2D eigenvalue weighted by Gasteiger charge is 2.28. The van der Waals surface area contributed by atoms with Crippen molar-refractivity contribution >= 4 is 40.5 Å². The Labute approximate surface area is 111 Å². The second-order valence-corrected chi connectivity index (χ2v) is 5.28. The van der Waals surface area contributed by atoms with Gasteiger partial charge in [-0.25, -0.2) is 4.98 Å². The number of aliphatic hydroxyl groups excluding tert-OH is 1. The fourth-order valence-corrected chi connectivity index (χ4v) is 2.94. The molecule has 3 N–H and O–H groups in total. The minimum Gasteiger partial charge on any atom is -0.393 e. The average Bonchev–Trinajstić information content (AvgIpc) is 2.93. The Balaban J connectivity index is 2.03. The summed E-state index contributed by atoms with van der Waals surface area (Å²) in [6.45, 7) is -0.0221. The summed E-state index contributed by atoms with van der Waals surface area (Å²) in [7, 11) is 0. The summed E-state index contributed by atoms with van der Waals surface area (Å²) in [5.41, 5.74) is 6.38. The minimum atomic E-state index is -0.234. The number of hydrogen-bond acceptors (Lipinski definition) is 7. The number of anilines is 1. The van der Waals surface area contributed by atoms with Gasteiger partial charge in [-0.15, -0.1) is 11.8 Å². The van der Waals surface area contributed by atoms with E-state index in [1.807, 2.05) is 0 Å². The van der Waals surface area contributed by atoms with Crippen LogP contribution in [0.2, 0.25) is 5.15 Å². The minimum absolute atomic E-state index is 0.0221. The fraction of sp³-hybridized carbons (Fsp3) is 0.444. The van der Waals surface area contributed by atoms with Crippen molar-refractivity contribution < 1.29 is 9.84 Å². The van der Waals surface area contributed by atoms with E-state index in [1.54, 1.807) is 10.9 Å². The smallest absolute Gasteiger partial charge is 0.223 e. The number of nitrogen functional groups attached to an aromatic ring is 1. The van der Waals surface area contributed by atoms with Crippen molar-refractivity contribution in [2.24, 2.45) is 0 Å². The van der Waals surface area contributed by atoms with Crippen molar-refractivity contribution in [1.29, 1.82) is 0 Å². The predicted molar refractivity (Wildman–Crippen MR) is 68.2 cm³/mol. The zero-order valence-electron chi connectivity index (χ0n) is 9.15. The van der Waals surface area contributed by atoms with Gasteiger partial charge < -0.3 is 15.6 Å². The number of thioether (sulfide) groups is 1. The molecule has 0 amide bonds. The van der Waals surface area contributed by atoms with Gasteiger partial charge >= 0.3 is 0 Å². The average molecular weight is 288 g/mol. The quantitative estimate of drug-likeness (QED) is 0.782. The molecular weight excluding hydrogens is 278 g/mol. The van der Waals surface area contributed by atoms with Gasteiger partial charge in [-0.3, -0.25) is 4.57 Å². The summed E-state index contributed by atoms with van der Waals surface area (Å²) < 4.78 is 7.39. The van der Waals surface area contributed by atoms with Gasteiger partial charge in [-0.1, -0.05) is 11.6 Å². The van der Waals surface area contributed by atoms with Crippen molar-refractivity contribution in [3.63, 3.8) is 0 Å². The van der Waals surface area contributed by atoms with Crippen LogP contribution in [0.15, 0.2) is 6.33 Å². The van der Waals surface area contributed by atoms with E-state index >= 15 is 0 Å². The molecule has 1 aliphatic heterocycles. The molecule has 7 nitrogen and oxygen atoms in total. The third kappa shape index (κ3) is 1.91. The lowest BCUT2D eigenvalue weighted by molar-refractivity contribution is -0.00190. The predicted octanol–water partition coefficient (Wildman–Crippen LogP) is 0.642. The molecule has 0 aliphatic carbocycles. The SMILES string of the molecule is Nc1nc(Cl)c2ncn([C@@H]3CS[C@H](CO)O3)c2n1. The number of imidazole rings is 1. The fourth-order valence-electron chi connectivity index (χ4n) is 1.79. The van der Waals surface area contributed by atoms with Crippen molar-refractivity contribution in [3.05, 3.63) is 11.5 Å². The van der Waals surface area contributed by atoms with Crippen LogP contribution in [0.1, 0.15) is 6.23 Å². The Bertz CT molecular complexity index is 592. The van der Waals surface area contributed by atoms with E-state index in [9.17, 15) is 0 Å². The lowest BCUT2D eigenvalue weighted by Crippen LogP contribution is -2.14. The summed E-state index contributed by atoms with van der Waals surface area (Å²) in [6, 6.07) is 0. The summed E-state index contributed by atoms with van der Waals surface area (Å²) >= 11 is 7.48. The van der Waals surface area contributed by atoms with Crippen LogP contribution in [0, 0.1) is 0 Å². The molecule has 0 aromatic carbocycles. The van der Waals surface area contributed by atoms with E-state index in [0.717, 1.165) is 0 Å². The molecule has 0 saturated carbocycles. The molecule has 3 heterocycles. The van der Waals surface area contributed by atoms with Crippen molar-refractivity contribution in [2.75, 3.05) is 18.1 Å². The van der Waals surface area contributed by atoms with Crippen LogP contribution < -0.4 is 5.73 Å². The Morgan fingerprint density at radius 3 is 3.17 bits per heavy atom. The molecule has 2 aromatic rings. The largest absolute Gasteiger partial charge is 0.393 e. The van der Waals surface area contributed by atoms with Gasteiger partial charge in [-0.2, -0.15) is 9.97 Å². The van der Waals surface area contributed by atoms with Crippen LogP contribution >= 0.6 is 23.4 Å². The zero-order chi connectivity index (χ0) is 12.7. The molecule has 3 rings (SSSR count). The summed E-state index contributed by atoms with van der Waals surface area (Å²) in [6.07, 6.45) is 1.36. The first-order chi connectivity index (χ1) is 8.69. The number of rotatable bonds is 2. The second-order valence-electron chi connectivity index (χ2n) is 3.73. The third-order valence-electron chi connectivity index (χ3n) is 2.59. The highest BCUT2D eigenvalue weighted by Crippen LogP contribution is 2.33. The molecule has 1 saturated heterocycles. The number of halogens is 1. The first-order valence-corrected chi connectivity index (χ1v) is 6.65. The van der Waals surface area contributed by atoms with Gasteiger partial charge in [0.05, 0.1) is 12.9 Å². The van der Waals surface area contributed by atoms with Crippen LogP contribution in [-0.2, 0) is 4.74 Å². The van der Waals surface area contributed by atoms with E-state index < -0.39 is 0 Å². The monoisotopic (exact) mass is 287 g/mol. The highest BCUT2D eigenvalue weighted by atomic mass is 35.5. The first kappa shape index (κ1) is 12.0. The molecule has 9 heteroatoms. The lowest BCUT2D eigenvalue weighted by Gasteiger charge is -2.12. The molecule has 0 bridgehead atoms. The van der Waals surface area contributed by atoms with Crippen LogP contribution in [0.5, 0.6) is 0 Å². The number of ether oxygens (including phenoxy) is 1. The van der Waals surface area contributed by atoms with Crippen LogP contribution in [0.4, 0.5) is 5.95 Å². The van der Waals surface area contributed by atoms with Gasteiger partial charge in [0.2, 0.25) is 5.95 Å². The Hall–Kier alpha value is -1.09. The number of aromatic nitrogens is 4. The van der Waals surface area contributed by atoms with Crippen molar-refractivity contribution in [3.8, 4) is 0 Å². The Morgan fingerprint density at radius 1 is 1.61 bits per heavy atom. The van der Waals surface area contributed by atoms with Crippen LogP contribution in [0.25, 0.3) is 11.2 Å². The normalized spacial score (nSPS) is 23.9. The van der Waals surface area contributed by atoms with Gasteiger partial charge in [0.1, 0.15) is 17.2 Å². The molecule has 0 radical (unpaired) electrons. The number of nitrogens with zero attached hydrogens (tertiary/aromatic N) is 4. The topological polar surface area (TPSA) is 99.1 Å². The molecule has 1 aliphatic rings. The summed E-state index contributed by atoms with van der Waals surface area (Å²) in [5.74, 6) is 0.802. The second kappa shape index (κ2) is 4.54. The van der Waals surface area contributed by atoms with Gasteiger partial charge in [-0.05, 0) is 0 Å². The standard InChI is InChI=1S/C9H10ClN5O2S/c10-7-6-8(14-9(11)13-7)15(3-12-6)4-2-18-5(1-16)17-4/h3-5,16H,1-2H2,(H2,11,13,14)/t4-,5+/m0/s1. The van der Waals surface area contributed by atoms with E-state index in [2.05, 4.69) is 15.0 Å². The molecule has 2 aromatic heterocycles. The number of aliphatic hydroxyl groups is 1. The highest BCUT2D eigenvalue weighted by molar-refractivity contribution is 8.00. The maximum absolute atomic E-state index is 9.05. The summed E-state index contributed by atoms with van der Waals surface area (Å²) in [5, 5.41) is 9.27. The van der Waals surface area contributed by atoms with E-state index in [0.29, 0.717) is 16.9 Å². The molecular formula is C9H10ClN5O2S. The molecule has 18 heavy (non-hydrogen) atoms. The lowest BCUT2D eigenvalue weighted by atomic mass is 10.5. The maximum atomic E-state index is 9.05. The molecule has 0 unspecified atom stereocenters. The van der Waals surface area contributed by atoms with Crippen LogP contribution in [0.3, 0.4) is 0 Å². The Kier molecular flexibility index (Phi) is 3.02. The van der Waals surface area contributed by atoms with Gasteiger partial charge in [0, 0.05) is 5.75 Å². The van der Waals surface area contributed by atoms with Gasteiger partial charge in [0.25, 0.3) is 0 Å². The van der Waals surface area contributed by atoms with Crippen molar-refractivity contribution in [2.45, 2.75) is 11.7 Å². The number of fused-ring (bicyclic) bond motifs is 1.